The molecule has 0 fully saturated rings. The monoisotopic (exact) mass is 372 g/mol. The number of pyridine rings is 1. The molecule has 3 heterocycles. The lowest BCUT2D eigenvalue weighted by molar-refractivity contribution is -0.714. The van der Waals surface area contributed by atoms with Crippen LogP contribution in [0.2, 0.25) is 0 Å². The molecule has 2 atom stereocenters. The van der Waals surface area contributed by atoms with Gasteiger partial charge in [-0.15, -0.1) is 0 Å². The van der Waals surface area contributed by atoms with Gasteiger partial charge < -0.3 is 0 Å². The summed E-state index contributed by atoms with van der Waals surface area (Å²) in [6.07, 6.45) is 2.25. The number of hydrogen-bond donors (Lipinski definition) is 0. The van der Waals surface area contributed by atoms with Crippen LogP contribution in [0.25, 0.3) is 11.1 Å². The Bertz CT molecular complexity index is 1200. The minimum atomic E-state index is -0.209. The minimum Gasteiger partial charge on any atom is -0.190 e. The predicted octanol–water partition coefficient (Wildman–Crippen LogP) is 5.81. The second-order valence-electron chi connectivity index (χ2n) is 8.13. The topological polar surface area (TPSA) is 3.88 Å². The van der Waals surface area contributed by atoms with Crippen LogP contribution in [-0.2, 0) is 5.41 Å². The summed E-state index contributed by atoms with van der Waals surface area (Å²) in [5.41, 5.74) is 9.46. The van der Waals surface area contributed by atoms with Crippen LogP contribution in [0.15, 0.2) is 109 Å². The molecule has 138 valence electrons. The van der Waals surface area contributed by atoms with Crippen LogP contribution in [0.3, 0.4) is 0 Å². The molecule has 3 aliphatic rings. The van der Waals surface area contributed by atoms with Crippen molar-refractivity contribution < 1.29 is 4.57 Å². The summed E-state index contributed by atoms with van der Waals surface area (Å²) in [4.78, 5) is 0. The highest BCUT2D eigenvalue weighted by atomic mass is 15.0. The van der Waals surface area contributed by atoms with E-state index in [4.69, 9.17) is 0 Å². The van der Waals surface area contributed by atoms with Crippen LogP contribution >= 0.6 is 0 Å². The Hall–Kier alpha value is -3.45. The molecule has 0 saturated heterocycles. The smallest absolute Gasteiger partial charge is 0.190 e. The molecule has 0 unspecified atom stereocenters. The largest absolute Gasteiger partial charge is 0.210 e. The van der Waals surface area contributed by atoms with E-state index in [0.717, 1.165) is 0 Å². The molecule has 2 bridgehead atoms. The molecule has 0 radical (unpaired) electrons. The van der Waals surface area contributed by atoms with Crippen molar-refractivity contribution in [3.8, 4) is 0 Å². The molecule has 0 N–H and O–H groups in total. The molecule has 1 aliphatic carbocycles. The lowest BCUT2D eigenvalue weighted by Gasteiger charge is -2.45. The van der Waals surface area contributed by atoms with Gasteiger partial charge in [0.25, 0.3) is 0 Å². The highest BCUT2D eigenvalue weighted by molar-refractivity contribution is 6.01. The number of benzene rings is 3. The molecule has 1 aromatic heterocycles. The van der Waals surface area contributed by atoms with Crippen molar-refractivity contribution in [1.82, 2.24) is 0 Å². The first-order valence-electron chi connectivity index (χ1n) is 10.3. The van der Waals surface area contributed by atoms with E-state index in [2.05, 4.69) is 121 Å². The number of hydrogen-bond acceptors (Lipinski definition) is 0. The summed E-state index contributed by atoms with van der Waals surface area (Å²) >= 11 is 0. The van der Waals surface area contributed by atoms with Gasteiger partial charge in [0.05, 0.1) is 0 Å². The van der Waals surface area contributed by atoms with Crippen molar-refractivity contribution in [2.45, 2.75) is 18.4 Å². The first kappa shape index (κ1) is 16.5. The third-order valence-electron chi connectivity index (χ3n) is 6.66. The van der Waals surface area contributed by atoms with E-state index in [1.165, 1.54) is 39.1 Å². The van der Waals surface area contributed by atoms with Crippen molar-refractivity contribution in [2.75, 3.05) is 0 Å². The second kappa shape index (κ2) is 6.02. The summed E-state index contributed by atoms with van der Waals surface area (Å²) in [5.74, 6) is 0. The highest BCUT2D eigenvalue weighted by Crippen LogP contribution is 2.58. The molecule has 0 amide bonds. The van der Waals surface area contributed by atoms with Gasteiger partial charge in [0.15, 0.2) is 11.9 Å². The van der Waals surface area contributed by atoms with Gasteiger partial charge in [0, 0.05) is 23.3 Å². The van der Waals surface area contributed by atoms with Crippen molar-refractivity contribution >= 4 is 11.1 Å². The number of aromatic nitrogens is 1. The fourth-order valence-electron chi connectivity index (χ4n) is 5.52. The van der Waals surface area contributed by atoms with Gasteiger partial charge in [-0.25, -0.2) is 0 Å². The fraction of sp³-hybridized carbons (Fsp3) is 0.107. The molecule has 4 aromatic rings. The van der Waals surface area contributed by atoms with Crippen LogP contribution < -0.4 is 4.57 Å². The molecule has 7 rings (SSSR count). The lowest BCUT2D eigenvalue weighted by Crippen LogP contribution is -2.58. The van der Waals surface area contributed by atoms with Gasteiger partial charge in [-0.3, -0.25) is 0 Å². The molecule has 0 spiro atoms. The molecule has 2 aliphatic heterocycles. The fourth-order valence-corrected chi connectivity index (χ4v) is 5.52. The maximum absolute atomic E-state index is 2.48. The van der Waals surface area contributed by atoms with Crippen molar-refractivity contribution in [3.63, 3.8) is 0 Å². The van der Waals surface area contributed by atoms with E-state index < -0.39 is 0 Å². The van der Waals surface area contributed by atoms with E-state index >= 15 is 0 Å². The molecule has 3 aromatic carbocycles. The van der Waals surface area contributed by atoms with Crippen LogP contribution in [0, 0.1) is 0 Å². The van der Waals surface area contributed by atoms with Crippen LogP contribution in [0.4, 0.5) is 0 Å². The zero-order chi connectivity index (χ0) is 19.4. The van der Waals surface area contributed by atoms with E-state index in [1.54, 1.807) is 0 Å². The zero-order valence-corrected chi connectivity index (χ0v) is 16.4. The Morgan fingerprint density at radius 2 is 1.28 bits per heavy atom. The Morgan fingerprint density at radius 1 is 0.655 bits per heavy atom. The normalized spacial score (nSPS) is 21.6. The summed E-state index contributed by atoms with van der Waals surface area (Å²) in [5, 5.41) is 0. The van der Waals surface area contributed by atoms with Crippen LogP contribution in [0.1, 0.15) is 40.9 Å². The van der Waals surface area contributed by atoms with Gasteiger partial charge in [-0.2, -0.15) is 4.57 Å². The third kappa shape index (κ3) is 2.13. The summed E-state index contributed by atoms with van der Waals surface area (Å²) in [6, 6.07) is 37.7. The molecule has 0 saturated carbocycles. The zero-order valence-electron chi connectivity index (χ0n) is 16.4. The minimum absolute atomic E-state index is 0.182. The van der Waals surface area contributed by atoms with Gasteiger partial charge in [-0.05, 0) is 29.2 Å². The second-order valence-corrected chi connectivity index (χ2v) is 8.13. The predicted molar refractivity (Wildman–Crippen MR) is 117 cm³/mol. The Labute approximate surface area is 171 Å². The molecular weight excluding hydrogens is 350 g/mol. The maximum atomic E-state index is 2.48. The third-order valence-corrected chi connectivity index (χ3v) is 6.66. The summed E-state index contributed by atoms with van der Waals surface area (Å²) < 4.78 is 2.48. The average molecular weight is 372 g/mol. The number of nitrogens with zero attached hydrogens (tertiary/aromatic N) is 1. The quantitative estimate of drug-likeness (QED) is 0.391. The van der Waals surface area contributed by atoms with E-state index in [-0.39, 0.29) is 11.5 Å². The standard InChI is InChI=1S/C28H22N/c1-28-23-17-9-8-16-22(23)27(29-19-11-10-18-24(28)29)25(20-12-4-2-5-13-20)26(28)21-14-6-3-7-15-21/h2-19,27H,1H3/q+1/t27-,28-/m1/s1. The van der Waals surface area contributed by atoms with Crippen LogP contribution in [0.5, 0.6) is 0 Å². The maximum Gasteiger partial charge on any atom is 0.210 e. The Balaban J connectivity index is 1.80. The average Bonchev–Trinajstić information content (AvgIpc) is 2.80. The summed E-state index contributed by atoms with van der Waals surface area (Å²) in [6.45, 7) is 2.40. The van der Waals surface area contributed by atoms with E-state index in [9.17, 15) is 0 Å². The summed E-state index contributed by atoms with van der Waals surface area (Å²) in [7, 11) is 0. The van der Waals surface area contributed by atoms with Crippen molar-refractivity contribution in [2.24, 2.45) is 0 Å². The van der Waals surface area contributed by atoms with Gasteiger partial charge in [0.2, 0.25) is 6.04 Å². The Morgan fingerprint density at radius 3 is 2.03 bits per heavy atom. The van der Waals surface area contributed by atoms with Crippen molar-refractivity contribution in [1.29, 1.82) is 0 Å². The van der Waals surface area contributed by atoms with Gasteiger partial charge in [0.1, 0.15) is 5.41 Å². The molecule has 29 heavy (non-hydrogen) atoms. The number of allylic oxidation sites excluding steroid dienone is 2. The highest BCUT2D eigenvalue weighted by Gasteiger charge is 2.56. The van der Waals surface area contributed by atoms with E-state index in [1.807, 2.05) is 0 Å². The number of rotatable bonds is 2. The Kier molecular flexibility index (Phi) is 3.43. The first-order valence-corrected chi connectivity index (χ1v) is 10.3. The van der Waals surface area contributed by atoms with Gasteiger partial charge in [-0.1, -0.05) is 91.0 Å². The van der Waals surface area contributed by atoms with Gasteiger partial charge >= 0.3 is 0 Å². The molecule has 1 heteroatoms. The van der Waals surface area contributed by atoms with E-state index in [0.29, 0.717) is 0 Å². The first-order chi connectivity index (χ1) is 14.3. The van der Waals surface area contributed by atoms with Crippen molar-refractivity contribution in [3.05, 3.63) is 137 Å². The molecular formula is C28H22N+. The molecule has 1 nitrogen and oxygen atoms in total. The van der Waals surface area contributed by atoms with Crippen LogP contribution in [-0.4, -0.2) is 0 Å². The lowest BCUT2D eigenvalue weighted by atomic mass is 9.58. The SMILES string of the molecule is C[C@@]12C(c3ccccc3)=C(c3ccccc3)[C@@H](c3ccccc31)[n+]1ccccc12.